The number of esters is 4. The molecule has 0 fully saturated rings. The van der Waals surface area contributed by atoms with Crippen molar-refractivity contribution < 1.29 is 48.3 Å². The molecule has 0 spiro atoms. The summed E-state index contributed by atoms with van der Waals surface area (Å²) in [6.07, 6.45) is 12.2. The summed E-state index contributed by atoms with van der Waals surface area (Å²) in [5, 5.41) is 17.1. The molecule has 38 heavy (non-hydrogen) atoms. The second-order valence-corrected chi connectivity index (χ2v) is 8.93. The average molecular weight is 549 g/mol. The first-order valence-corrected chi connectivity index (χ1v) is 14.2. The summed E-state index contributed by atoms with van der Waals surface area (Å²) in [6.45, 7) is 5.87. The number of rotatable bonds is 24. The summed E-state index contributed by atoms with van der Waals surface area (Å²) >= 11 is 0. The molecule has 0 saturated heterocycles. The molecule has 0 bridgehead atoms. The number of hydrogen-bond acceptors (Lipinski definition) is 10. The van der Waals surface area contributed by atoms with Crippen molar-refractivity contribution in [3.63, 3.8) is 0 Å². The number of unbranched alkanes of at least 4 members (excludes halogenated alkanes) is 10. The van der Waals surface area contributed by atoms with Gasteiger partial charge in [0.15, 0.2) is 0 Å². The van der Waals surface area contributed by atoms with E-state index >= 15 is 0 Å². The van der Waals surface area contributed by atoms with E-state index in [0.717, 1.165) is 64.2 Å². The van der Waals surface area contributed by atoms with E-state index in [2.05, 4.69) is 13.8 Å². The lowest BCUT2D eigenvalue weighted by Gasteiger charge is -2.05. The van der Waals surface area contributed by atoms with Crippen LogP contribution in [-0.2, 0) is 38.1 Å². The van der Waals surface area contributed by atoms with Crippen molar-refractivity contribution in [3.05, 3.63) is 0 Å². The predicted molar refractivity (Wildman–Crippen MR) is 143 cm³/mol. The van der Waals surface area contributed by atoms with Crippen LogP contribution in [0.4, 0.5) is 0 Å². The van der Waals surface area contributed by atoms with Gasteiger partial charge in [-0.05, 0) is 51.4 Å². The van der Waals surface area contributed by atoms with Gasteiger partial charge in [0, 0.05) is 13.2 Å². The summed E-state index contributed by atoms with van der Waals surface area (Å²) in [6, 6.07) is 0. The normalized spacial score (nSPS) is 10.2. The molecule has 0 unspecified atom stereocenters. The molecule has 0 aliphatic rings. The first kappa shape index (κ1) is 37.9. The van der Waals surface area contributed by atoms with E-state index in [1.165, 1.54) is 0 Å². The van der Waals surface area contributed by atoms with Crippen LogP contribution >= 0.6 is 0 Å². The first-order valence-electron chi connectivity index (χ1n) is 14.2. The minimum Gasteiger partial charge on any atom is -0.465 e. The lowest BCUT2D eigenvalue weighted by Crippen LogP contribution is -2.15. The Kier molecular flexibility index (Phi) is 31.0. The Bertz CT molecular complexity index is 482. The molecule has 224 valence electrons. The number of carbonyl (C=O) groups is 4. The number of ether oxygens (including phenoxy) is 4. The van der Waals surface area contributed by atoms with Crippen LogP contribution in [-0.4, -0.2) is 73.7 Å². The minimum atomic E-state index is -0.579. The van der Waals surface area contributed by atoms with Crippen LogP contribution in [0.3, 0.4) is 0 Å². The largest absolute Gasteiger partial charge is 0.465 e. The fourth-order valence-electron chi connectivity index (χ4n) is 3.02. The number of aliphatic hydroxyl groups is 2. The van der Waals surface area contributed by atoms with E-state index in [0.29, 0.717) is 38.9 Å². The van der Waals surface area contributed by atoms with Gasteiger partial charge in [0.1, 0.15) is 12.8 Å². The van der Waals surface area contributed by atoms with Crippen molar-refractivity contribution >= 4 is 23.9 Å². The molecule has 0 radical (unpaired) electrons. The molecule has 10 nitrogen and oxygen atoms in total. The van der Waals surface area contributed by atoms with Gasteiger partial charge in [0.05, 0.1) is 26.4 Å². The van der Waals surface area contributed by atoms with Crippen molar-refractivity contribution in [2.75, 3.05) is 39.6 Å². The molecule has 2 N–H and O–H groups in total. The van der Waals surface area contributed by atoms with Gasteiger partial charge in [-0.2, -0.15) is 0 Å². The number of aliphatic hydroxyl groups excluding tert-OH is 2. The average Bonchev–Trinajstić information content (AvgIpc) is 2.88. The molecule has 0 amide bonds. The topological polar surface area (TPSA) is 146 Å². The maximum absolute atomic E-state index is 11.3. The van der Waals surface area contributed by atoms with Gasteiger partial charge >= 0.3 is 23.9 Å². The maximum Gasteiger partial charge on any atom is 0.317 e. The van der Waals surface area contributed by atoms with Gasteiger partial charge in [-0.3, -0.25) is 19.2 Å². The molecular weight excluding hydrogens is 496 g/mol. The van der Waals surface area contributed by atoms with Crippen molar-refractivity contribution in [3.8, 4) is 0 Å². The molecule has 0 aromatic rings. The number of hydrogen-bond donors (Lipinski definition) is 2. The van der Waals surface area contributed by atoms with Crippen LogP contribution in [0.25, 0.3) is 0 Å². The fourth-order valence-corrected chi connectivity index (χ4v) is 3.02. The smallest absolute Gasteiger partial charge is 0.317 e. The van der Waals surface area contributed by atoms with Crippen molar-refractivity contribution in [1.82, 2.24) is 0 Å². The third kappa shape index (κ3) is 31.8. The zero-order chi connectivity index (χ0) is 28.7. The zero-order valence-corrected chi connectivity index (χ0v) is 23.7. The first-order chi connectivity index (χ1) is 18.4. The number of carbonyl (C=O) groups excluding carboxylic acids is 4. The molecule has 0 aliphatic carbocycles. The molecule has 0 heterocycles. The highest BCUT2D eigenvalue weighted by Gasteiger charge is 2.12. The molecule has 10 heteroatoms. The van der Waals surface area contributed by atoms with Gasteiger partial charge in [-0.1, -0.05) is 52.4 Å². The summed E-state index contributed by atoms with van der Waals surface area (Å²) in [7, 11) is 0. The third-order valence-corrected chi connectivity index (χ3v) is 5.23. The van der Waals surface area contributed by atoms with Crippen LogP contribution in [0.5, 0.6) is 0 Å². The summed E-state index contributed by atoms with van der Waals surface area (Å²) in [5.41, 5.74) is 0. The second-order valence-electron chi connectivity index (χ2n) is 8.93. The Labute approximate surface area is 228 Å². The van der Waals surface area contributed by atoms with Crippen LogP contribution in [0.1, 0.15) is 117 Å². The molecule has 0 saturated carbocycles. The van der Waals surface area contributed by atoms with Crippen molar-refractivity contribution in [2.45, 2.75) is 117 Å². The lowest BCUT2D eigenvalue weighted by molar-refractivity contribution is -0.156. The van der Waals surface area contributed by atoms with Gasteiger partial charge < -0.3 is 29.2 Å². The fraction of sp³-hybridized carbons (Fsp3) is 0.857. The van der Waals surface area contributed by atoms with E-state index in [4.69, 9.17) is 29.2 Å². The predicted octanol–water partition coefficient (Wildman–Crippen LogP) is 4.41. The highest BCUT2D eigenvalue weighted by atomic mass is 16.6. The van der Waals surface area contributed by atoms with Gasteiger partial charge in [-0.15, -0.1) is 0 Å². The third-order valence-electron chi connectivity index (χ3n) is 5.23. The van der Waals surface area contributed by atoms with Gasteiger partial charge in [0.2, 0.25) is 0 Å². The molecule has 0 aromatic carbocycles. The standard InChI is InChI=1S/C15H28O4.C13H24O6/c1-3-5-7-9-11-18-14(16)13-15(17)19-12-10-8-6-4-2;14-7-3-1-5-9-18-12(16)11-13(17)19-10-6-2-4-8-15/h3-13H2,1-2H3;14-15H,1-11H2. The molecular formula is C28H52O10. The molecule has 0 aliphatic heterocycles. The highest BCUT2D eigenvalue weighted by Crippen LogP contribution is 2.02. The Hall–Kier alpha value is -2.20. The quantitative estimate of drug-likeness (QED) is 0.0769. The minimum absolute atomic E-state index is 0.135. The van der Waals surface area contributed by atoms with Crippen molar-refractivity contribution in [2.24, 2.45) is 0 Å². The Balaban J connectivity index is 0. The van der Waals surface area contributed by atoms with Crippen LogP contribution < -0.4 is 0 Å². The summed E-state index contributed by atoms with van der Waals surface area (Å²) in [4.78, 5) is 45.0. The van der Waals surface area contributed by atoms with E-state index in [-0.39, 0.29) is 39.3 Å². The highest BCUT2D eigenvalue weighted by molar-refractivity contribution is 5.91. The van der Waals surface area contributed by atoms with E-state index in [9.17, 15) is 19.2 Å². The summed E-state index contributed by atoms with van der Waals surface area (Å²) < 4.78 is 19.6. The Morgan fingerprint density at radius 1 is 0.421 bits per heavy atom. The molecule has 0 aromatic heterocycles. The molecule has 0 atom stereocenters. The second kappa shape index (κ2) is 31.0. The van der Waals surface area contributed by atoms with E-state index in [1.54, 1.807) is 0 Å². The van der Waals surface area contributed by atoms with Gasteiger partial charge in [0.25, 0.3) is 0 Å². The van der Waals surface area contributed by atoms with Crippen LogP contribution in [0.2, 0.25) is 0 Å². The maximum atomic E-state index is 11.3. The lowest BCUT2D eigenvalue weighted by atomic mass is 10.2. The monoisotopic (exact) mass is 548 g/mol. The Morgan fingerprint density at radius 3 is 0.921 bits per heavy atom. The Morgan fingerprint density at radius 2 is 0.684 bits per heavy atom. The van der Waals surface area contributed by atoms with Gasteiger partial charge in [-0.25, -0.2) is 0 Å². The van der Waals surface area contributed by atoms with Crippen LogP contribution in [0.15, 0.2) is 0 Å². The molecule has 0 rings (SSSR count). The summed E-state index contributed by atoms with van der Waals surface area (Å²) in [5.74, 6) is -2.11. The van der Waals surface area contributed by atoms with Crippen molar-refractivity contribution in [1.29, 1.82) is 0 Å². The zero-order valence-electron chi connectivity index (χ0n) is 23.7. The van der Waals surface area contributed by atoms with Crippen LogP contribution in [0, 0.1) is 0 Å². The van der Waals surface area contributed by atoms with E-state index < -0.39 is 23.9 Å². The SMILES string of the molecule is CCCCCCOC(=O)CC(=O)OCCCCCC.O=C(CC(=O)OCCCCCO)OCCCCCO. The van der Waals surface area contributed by atoms with E-state index in [1.807, 2.05) is 0 Å².